The van der Waals surface area contributed by atoms with Crippen LogP contribution in [0, 0.1) is 0 Å². The summed E-state index contributed by atoms with van der Waals surface area (Å²) >= 11 is 7.50. The maximum atomic E-state index is 16.6. The second-order valence-corrected chi connectivity index (χ2v) is 47.9. The van der Waals surface area contributed by atoms with Crippen molar-refractivity contribution in [2.75, 3.05) is 0 Å². The molecule has 4 unspecified atom stereocenters. The molecule has 0 saturated heterocycles. The van der Waals surface area contributed by atoms with Gasteiger partial charge in [-0.2, -0.15) is 0 Å². The standard InChI is InChI=1S/C49H30NOPS.C46H31NS.C43H25NS2/c51-52(33-13-2-1-3-14-33)44-23-10-7-19-39(44)49(38-18-6-9-22-43(38)50-42-21-8-4-15-34(42)36-17-12-20-41(49)48(36)50)40-27-25-32(30-45(40)52)31-26-28-47-37(29-31)35-16-5-11-24-46(35)53-47;1-45(2)34-15-5-6-16-35(34)46(36-24-22-29(27-39(36)45)28-23-25-43-33(26-28)31-13-4-10-21-42(31)48-43)37-17-7-9-20-41(37)47-40-19-8-3-12-30(40)32-14-11-18-38(46)44(32)47;1-5-16-36-28(10-1)30-12-9-15-35-42(30)44(36)37-17-6-3-13-32(37)43(35)33-14-4-8-19-40(33)46-41-25-27(20-22-34(41)43)26-21-23-39-31(24-26)29-11-2-7-18-38(29)45-39/h1-30H;3-27H,1-2H3;1-25H. The van der Waals surface area contributed by atoms with E-state index in [1.165, 1.54) is 236 Å². The highest BCUT2D eigenvalue weighted by Crippen LogP contribution is 2.66. The highest BCUT2D eigenvalue weighted by Gasteiger charge is 2.57. The zero-order valence-electron chi connectivity index (χ0n) is 80.0. The molecule has 6 aromatic heterocycles. The van der Waals surface area contributed by atoms with Crippen molar-refractivity contribution in [3.05, 3.63) is 563 Å². The average molecular weight is 1960 g/mol. The average Bonchev–Trinajstić information content (AvgIpc) is 1.64. The summed E-state index contributed by atoms with van der Waals surface area (Å²) in [5.74, 6) is 0. The zero-order valence-corrected chi connectivity index (χ0v) is 84.2. The summed E-state index contributed by atoms with van der Waals surface area (Å²) in [5, 5.41) is 18.3. The van der Waals surface area contributed by atoms with Gasteiger partial charge in [0.15, 0.2) is 7.14 Å². The van der Waals surface area contributed by atoms with Gasteiger partial charge >= 0.3 is 0 Å². The first kappa shape index (κ1) is 83.9. The molecule has 5 aliphatic heterocycles. The van der Waals surface area contributed by atoms with Crippen LogP contribution in [-0.2, 0) is 26.2 Å². The van der Waals surface area contributed by atoms with Crippen LogP contribution in [0.5, 0.6) is 0 Å². The van der Waals surface area contributed by atoms with Crippen molar-refractivity contribution < 1.29 is 4.57 Å². The molecule has 147 heavy (non-hydrogen) atoms. The van der Waals surface area contributed by atoms with Crippen LogP contribution in [0.3, 0.4) is 0 Å². The Labute approximate surface area is 864 Å². The van der Waals surface area contributed by atoms with Gasteiger partial charge in [-0.15, -0.1) is 34.0 Å². The number of aromatic nitrogens is 3. The van der Waals surface area contributed by atoms with Crippen LogP contribution in [0.15, 0.2) is 495 Å². The fourth-order valence-corrected chi connectivity index (χ4v) is 35.2. The first-order valence-corrected chi connectivity index (χ1v) is 55.7. The molecule has 11 heterocycles. The van der Waals surface area contributed by atoms with E-state index in [9.17, 15) is 0 Å². The van der Waals surface area contributed by atoms with Gasteiger partial charge in [0.05, 0.1) is 66.4 Å². The van der Waals surface area contributed by atoms with Gasteiger partial charge in [0, 0.05) is 124 Å². The maximum absolute atomic E-state index is 16.6. The van der Waals surface area contributed by atoms with E-state index in [0.717, 1.165) is 43.9 Å². The van der Waals surface area contributed by atoms with Gasteiger partial charge in [-0.1, -0.05) is 396 Å². The van der Waals surface area contributed by atoms with Crippen molar-refractivity contribution in [1.29, 1.82) is 0 Å². The molecule has 0 saturated carbocycles. The Morgan fingerprint density at radius 1 is 0.197 bits per heavy atom. The first-order chi connectivity index (χ1) is 72.5. The minimum absolute atomic E-state index is 0.195. The number of rotatable bonds is 4. The Bertz CT molecular complexity index is 10700. The summed E-state index contributed by atoms with van der Waals surface area (Å²) in [6.45, 7) is 4.84. The molecular weight excluding hydrogens is 1870 g/mol. The van der Waals surface area contributed by atoms with Gasteiger partial charge < -0.3 is 18.3 Å². The van der Waals surface area contributed by atoms with Crippen LogP contribution in [0.4, 0.5) is 0 Å². The molecule has 6 aliphatic rings. The summed E-state index contributed by atoms with van der Waals surface area (Å²) in [4.78, 5) is 2.64. The molecule has 688 valence electrons. The summed E-state index contributed by atoms with van der Waals surface area (Å²) in [6.07, 6.45) is 0. The zero-order chi connectivity index (χ0) is 96.7. The molecule has 34 rings (SSSR count). The normalized spacial score (nSPS) is 17.3. The van der Waals surface area contributed by atoms with E-state index in [1.807, 2.05) is 64.0 Å². The lowest BCUT2D eigenvalue weighted by molar-refractivity contribution is 0.556. The van der Waals surface area contributed by atoms with E-state index in [-0.39, 0.29) is 5.41 Å². The van der Waals surface area contributed by atoms with E-state index in [2.05, 4.69) is 495 Å². The van der Waals surface area contributed by atoms with Gasteiger partial charge in [0.2, 0.25) is 0 Å². The minimum Gasteiger partial charge on any atom is -0.309 e. The van der Waals surface area contributed by atoms with Gasteiger partial charge in [0.25, 0.3) is 0 Å². The second-order valence-electron chi connectivity index (χ2n) is 40.8. The number of hydrogen-bond donors (Lipinski definition) is 0. The molecular formula is C138H86N3OPS4. The Hall–Kier alpha value is -16.5. The predicted molar refractivity (Wildman–Crippen MR) is 622 cm³/mol. The van der Waals surface area contributed by atoms with E-state index >= 15 is 4.57 Å². The summed E-state index contributed by atoms with van der Waals surface area (Å²) in [6, 6.07) is 180. The molecule has 9 heteroatoms. The van der Waals surface area contributed by atoms with E-state index in [4.69, 9.17) is 0 Å². The van der Waals surface area contributed by atoms with Gasteiger partial charge in [-0.3, -0.25) is 0 Å². The quantitative estimate of drug-likeness (QED) is 0.165. The molecule has 0 fully saturated rings. The van der Waals surface area contributed by atoms with Crippen LogP contribution in [0.2, 0.25) is 0 Å². The lowest BCUT2D eigenvalue weighted by Gasteiger charge is -2.50. The second kappa shape index (κ2) is 31.0. The van der Waals surface area contributed by atoms with Gasteiger partial charge in [-0.25, -0.2) is 0 Å². The van der Waals surface area contributed by atoms with Crippen LogP contribution in [0.1, 0.15) is 91.7 Å². The molecule has 0 bridgehead atoms. The monoisotopic (exact) mass is 1960 g/mol. The fraction of sp³-hybridized carbons (Fsp3) is 0.0435. The number of para-hydroxylation sites is 9. The Kier molecular flexibility index (Phi) is 17.7. The molecule has 4 nitrogen and oxygen atoms in total. The predicted octanol–water partition coefficient (Wildman–Crippen LogP) is 35.6. The largest absolute Gasteiger partial charge is 0.309 e. The van der Waals surface area contributed by atoms with Gasteiger partial charge in [-0.05, 0) is 227 Å². The van der Waals surface area contributed by atoms with Crippen molar-refractivity contribution in [2.45, 2.75) is 45.3 Å². The maximum Gasteiger partial charge on any atom is 0.171 e. The number of nitrogens with zero attached hydrogens (tertiary/aromatic N) is 3. The summed E-state index contributed by atoms with van der Waals surface area (Å²) in [7, 11) is -3.37. The molecule has 4 atom stereocenters. The molecule has 0 N–H and O–H groups in total. The number of benzene rings is 22. The third-order valence-corrected chi connectivity index (χ3v) is 41.3. The lowest BCUT2D eigenvalue weighted by Crippen LogP contribution is -2.48. The van der Waals surface area contributed by atoms with Crippen molar-refractivity contribution in [3.8, 4) is 50.4 Å². The van der Waals surface area contributed by atoms with Crippen molar-refractivity contribution >= 4 is 195 Å². The molecule has 0 radical (unpaired) electrons. The van der Waals surface area contributed by atoms with Crippen molar-refractivity contribution in [3.63, 3.8) is 0 Å². The molecule has 0 amide bonds. The third-order valence-electron chi connectivity index (χ3n) is 33.6. The van der Waals surface area contributed by atoms with E-state index < -0.39 is 23.4 Å². The van der Waals surface area contributed by atoms with Gasteiger partial charge in [0.1, 0.15) is 0 Å². The molecule has 22 aromatic carbocycles. The topological polar surface area (TPSA) is 31.9 Å². The number of thiophene rings is 3. The van der Waals surface area contributed by atoms with Crippen LogP contribution < -0.4 is 15.9 Å². The number of fused-ring (bicyclic) bond motifs is 42. The van der Waals surface area contributed by atoms with Crippen LogP contribution >= 0.6 is 52.9 Å². The number of hydrogen-bond acceptors (Lipinski definition) is 5. The molecule has 1 aliphatic carbocycles. The molecule has 28 aromatic rings. The van der Waals surface area contributed by atoms with E-state index in [1.54, 1.807) is 0 Å². The third kappa shape index (κ3) is 11.2. The summed E-state index contributed by atoms with van der Waals surface area (Å²) < 4.78 is 32.0. The first-order valence-electron chi connectivity index (χ1n) is 50.7. The smallest absolute Gasteiger partial charge is 0.171 e. The Morgan fingerprint density at radius 3 is 0.986 bits per heavy atom. The van der Waals surface area contributed by atoms with E-state index in [0.29, 0.717) is 0 Å². The Balaban J connectivity index is 0.0000000982. The van der Waals surface area contributed by atoms with Crippen LogP contribution in [0.25, 0.3) is 176 Å². The molecule has 3 spiro atoms. The lowest BCUT2D eigenvalue weighted by atomic mass is 9.53. The van der Waals surface area contributed by atoms with Crippen LogP contribution in [-0.4, -0.2) is 13.7 Å². The highest BCUT2D eigenvalue weighted by molar-refractivity contribution is 7.99. The SMILES string of the molecule is CC1(C)c2ccccc2C2(c3ccccc3-n3c4ccccc4c4cccc2c43)c2ccc(-c3ccc4sc5ccccc5c4c3)cc21.O=P1(c2ccccc2)c2ccccc2C2(c3ccccc3-n3c4ccccc4c4cccc2c43)c2ccc(-c3ccc4sc5ccccc5c4c3)cc21.c1ccc2c(c1)Sc1cc(-c3ccc4sc5ccccc5c4c3)ccc1C21c2ccccc2-n2c3ccccc3c3cccc1c32. The summed E-state index contributed by atoms with van der Waals surface area (Å²) in [5.41, 5.74) is 35.0. The fourth-order valence-electron chi connectivity index (χ4n) is 27.5. The minimum atomic E-state index is -3.37. The van der Waals surface area contributed by atoms with Crippen molar-refractivity contribution in [2.24, 2.45) is 0 Å². The Morgan fingerprint density at radius 2 is 0.503 bits per heavy atom. The van der Waals surface area contributed by atoms with Crippen molar-refractivity contribution in [1.82, 2.24) is 13.7 Å². The highest BCUT2D eigenvalue weighted by atomic mass is 32.2.